The monoisotopic (exact) mass is 489 g/mol. The van der Waals surface area contributed by atoms with Gasteiger partial charge in [-0.05, 0) is 31.0 Å². The summed E-state index contributed by atoms with van der Waals surface area (Å²) < 4.78 is 36.9. The molecule has 2 amide bonds. The predicted octanol–water partition coefficient (Wildman–Crippen LogP) is 2.51. The second-order valence-electron chi connectivity index (χ2n) is 8.13. The number of ether oxygens (including phenoxy) is 2. The van der Waals surface area contributed by atoms with E-state index in [1.54, 1.807) is 19.1 Å². The highest BCUT2D eigenvalue weighted by molar-refractivity contribution is 7.92. The van der Waals surface area contributed by atoms with Crippen LogP contribution in [-0.4, -0.2) is 57.3 Å². The van der Waals surface area contributed by atoms with E-state index in [1.807, 2.05) is 37.3 Å². The van der Waals surface area contributed by atoms with Crippen LogP contribution in [0.4, 0.5) is 5.69 Å². The number of hydrogen-bond donors (Lipinski definition) is 1. The van der Waals surface area contributed by atoms with Crippen molar-refractivity contribution in [3.05, 3.63) is 54.1 Å². The quantitative estimate of drug-likeness (QED) is 0.487. The molecule has 184 valence electrons. The first-order chi connectivity index (χ1) is 16.2. The average Bonchev–Trinajstić information content (AvgIpc) is 3.28. The van der Waals surface area contributed by atoms with Crippen LogP contribution in [0.5, 0.6) is 11.5 Å². The lowest BCUT2D eigenvalue weighted by Crippen LogP contribution is -2.51. The van der Waals surface area contributed by atoms with Gasteiger partial charge >= 0.3 is 0 Å². The Balaban J connectivity index is 1.86. The molecule has 34 heavy (non-hydrogen) atoms. The van der Waals surface area contributed by atoms with Crippen LogP contribution in [0.25, 0.3) is 0 Å². The summed E-state index contributed by atoms with van der Waals surface area (Å²) in [5, 5.41) is 2.85. The molecule has 0 radical (unpaired) electrons. The van der Waals surface area contributed by atoms with Gasteiger partial charge in [-0.2, -0.15) is 0 Å². The smallest absolute Gasteiger partial charge is 0.244 e. The van der Waals surface area contributed by atoms with Crippen LogP contribution in [-0.2, 0) is 26.2 Å². The molecule has 10 heteroatoms. The van der Waals surface area contributed by atoms with Crippen molar-refractivity contribution in [3.8, 4) is 11.5 Å². The first kappa shape index (κ1) is 25.4. The van der Waals surface area contributed by atoms with Gasteiger partial charge in [0.05, 0.1) is 11.9 Å². The SMILES string of the molecule is CCCCNC(=O)C(C)N(Cc1ccccc1)C(=O)CN(c1ccc2c(c1)OCO2)S(C)(=O)=O. The second kappa shape index (κ2) is 11.2. The summed E-state index contributed by atoms with van der Waals surface area (Å²) in [6, 6.07) is 13.2. The summed E-state index contributed by atoms with van der Waals surface area (Å²) >= 11 is 0. The van der Waals surface area contributed by atoms with Crippen molar-refractivity contribution in [2.24, 2.45) is 0 Å². The standard InChI is InChI=1S/C24H31N3O6S/c1-4-5-13-25-24(29)18(2)26(15-19-9-7-6-8-10-19)23(28)16-27(34(3,30)31)20-11-12-21-22(14-20)33-17-32-21/h6-12,14,18H,4-5,13,15-17H2,1-3H3,(H,25,29). The maximum atomic E-state index is 13.5. The summed E-state index contributed by atoms with van der Waals surface area (Å²) in [5.41, 5.74) is 1.11. The Morgan fingerprint density at radius 1 is 1.09 bits per heavy atom. The van der Waals surface area contributed by atoms with Gasteiger partial charge in [0.25, 0.3) is 0 Å². The van der Waals surface area contributed by atoms with E-state index < -0.39 is 28.5 Å². The van der Waals surface area contributed by atoms with Gasteiger partial charge < -0.3 is 19.7 Å². The number of sulfonamides is 1. The fourth-order valence-corrected chi connectivity index (χ4v) is 4.39. The number of carbonyl (C=O) groups is 2. The van der Waals surface area contributed by atoms with Gasteiger partial charge in [0.15, 0.2) is 11.5 Å². The number of fused-ring (bicyclic) bond motifs is 1. The topological polar surface area (TPSA) is 105 Å². The number of nitrogens with one attached hydrogen (secondary N) is 1. The Bertz CT molecular complexity index is 1110. The Labute approximate surface area is 200 Å². The third-order valence-corrected chi connectivity index (χ3v) is 6.66. The van der Waals surface area contributed by atoms with Crippen molar-refractivity contribution in [2.75, 3.05) is 30.4 Å². The van der Waals surface area contributed by atoms with Crippen LogP contribution in [0.2, 0.25) is 0 Å². The van der Waals surface area contributed by atoms with Crippen LogP contribution in [0.3, 0.4) is 0 Å². The molecule has 0 saturated heterocycles. The highest BCUT2D eigenvalue weighted by Gasteiger charge is 2.30. The fraction of sp³-hybridized carbons (Fsp3) is 0.417. The number of nitrogens with zero attached hydrogens (tertiary/aromatic N) is 2. The highest BCUT2D eigenvalue weighted by atomic mass is 32.2. The first-order valence-corrected chi connectivity index (χ1v) is 13.0. The van der Waals surface area contributed by atoms with Gasteiger partial charge in [0, 0.05) is 19.2 Å². The molecule has 9 nitrogen and oxygen atoms in total. The Morgan fingerprint density at radius 2 is 1.79 bits per heavy atom. The maximum Gasteiger partial charge on any atom is 0.244 e. The molecule has 1 N–H and O–H groups in total. The van der Waals surface area contributed by atoms with Crippen molar-refractivity contribution in [1.82, 2.24) is 10.2 Å². The molecule has 0 fully saturated rings. The molecule has 0 aliphatic carbocycles. The molecular formula is C24H31N3O6S. The molecule has 0 aromatic heterocycles. The third-order valence-electron chi connectivity index (χ3n) is 5.52. The molecule has 0 spiro atoms. The zero-order valence-corrected chi connectivity index (χ0v) is 20.5. The van der Waals surface area contributed by atoms with Gasteiger partial charge in [-0.1, -0.05) is 43.7 Å². The largest absolute Gasteiger partial charge is 0.454 e. The summed E-state index contributed by atoms with van der Waals surface area (Å²) in [6.07, 6.45) is 2.80. The van der Waals surface area contributed by atoms with E-state index in [0.29, 0.717) is 18.0 Å². The molecular weight excluding hydrogens is 458 g/mol. The van der Waals surface area contributed by atoms with Crippen LogP contribution in [0, 0.1) is 0 Å². The second-order valence-corrected chi connectivity index (χ2v) is 10.0. The summed E-state index contributed by atoms with van der Waals surface area (Å²) in [6.45, 7) is 3.94. The van der Waals surface area contributed by atoms with Crippen molar-refractivity contribution in [1.29, 1.82) is 0 Å². The van der Waals surface area contributed by atoms with Crippen LogP contribution >= 0.6 is 0 Å². The van der Waals surface area contributed by atoms with Gasteiger partial charge in [-0.25, -0.2) is 8.42 Å². The molecule has 1 atom stereocenters. The van der Waals surface area contributed by atoms with Gasteiger partial charge in [-0.3, -0.25) is 13.9 Å². The Morgan fingerprint density at radius 3 is 2.47 bits per heavy atom. The molecule has 1 heterocycles. The highest BCUT2D eigenvalue weighted by Crippen LogP contribution is 2.36. The van der Waals surface area contributed by atoms with E-state index in [2.05, 4.69) is 5.32 Å². The van der Waals surface area contributed by atoms with E-state index in [0.717, 1.165) is 29.0 Å². The normalized spacial score (nSPS) is 13.3. The number of anilines is 1. The summed E-state index contributed by atoms with van der Waals surface area (Å²) in [5.74, 6) is 0.131. The van der Waals surface area contributed by atoms with Crippen molar-refractivity contribution < 1.29 is 27.5 Å². The summed E-state index contributed by atoms with van der Waals surface area (Å²) in [7, 11) is -3.81. The molecule has 3 rings (SSSR count). The van der Waals surface area contributed by atoms with Crippen molar-refractivity contribution >= 4 is 27.5 Å². The number of carbonyl (C=O) groups excluding carboxylic acids is 2. The molecule has 1 aliphatic heterocycles. The first-order valence-electron chi connectivity index (χ1n) is 11.2. The van der Waals surface area contributed by atoms with Crippen LogP contribution < -0.4 is 19.1 Å². The number of benzene rings is 2. The molecule has 1 aliphatic rings. The molecule has 0 bridgehead atoms. The van der Waals surface area contributed by atoms with E-state index in [4.69, 9.17) is 9.47 Å². The van der Waals surface area contributed by atoms with E-state index in [1.165, 1.54) is 11.0 Å². The third kappa shape index (κ3) is 6.40. The van der Waals surface area contributed by atoms with Gasteiger partial charge in [0.2, 0.25) is 28.6 Å². The Kier molecular flexibility index (Phi) is 8.38. The molecule has 2 aromatic rings. The minimum atomic E-state index is -3.81. The average molecular weight is 490 g/mol. The van der Waals surface area contributed by atoms with Crippen LogP contribution in [0.15, 0.2) is 48.5 Å². The molecule has 2 aromatic carbocycles. The van der Waals surface area contributed by atoms with Gasteiger partial charge in [0.1, 0.15) is 12.6 Å². The zero-order chi connectivity index (χ0) is 24.7. The lowest BCUT2D eigenvalue weighted by molar-refractivity contribution is -0.139. The lowest BCUT2D eigenvalue weighted by atomic mass is 10.1. The minimum Gasteiger partial charge on any atom is -0.454 e. The zero-order valence-electron chi connectivity index (χ0n) is 19.7. The van der Waals surface area contributed by atoms with E-state index >= 15 is 0 Å². The molecule has 1 unspecified atom stereocenters. The lowest BCUT2D eigenvalue weighted by Gasteiger charge is -2.31. The summed E-state index contributed by atoms with van der Waals surface area (Å²) in [4.78, 5) is 27.6. The fourth-order valence-electron chi connectivity index (χ4n) is 3.55. The maximum absolute atomic E-state index is 13.5. The number of amides is 2. The number of hydrogen-bond acceptors (Lipinski definition) is 6. The van der Waals surface area contributed by atoms with Crippen molar-refractivity contribution in [2.45, 2.75) is 39.3 Å². The van der Waals surface area contributed by atoms with Gasteiger partial charge in [-0.15, -0.1) is 0 Å². The van der Waals surface area contributed by atoms with E-state index in [9.17, 15) is 18.0 Å². The van der Waals surface area contributed by atoms with Crippen molar-refractivity contribution in [3.63, 3.8) is 0 Å². The number of rotatable bonds is 11. The number of unbranched alkanes of at least 4 members (excludes halogenated alkanes) is 1. The van der Waals surface area contributed by atoms with Crippen LogP contribution in [0.1, 0.15) is 32.3 Å². The van der Waals surface area contributed by atoms with E-state index in [-0.39, 0.29) is 24.9 Å². The molecule has 0 saturated carbocycles. The Hall–Kier alpha value is -3.27. The predicted molar refractivity (Wildman–Crippen MR) is 129 cm³/mol. The minimum absolute atomic E-state index is 0.0477.